The molecule has 3 heteroatoms. The van der Waals surface area contributed by atoms with Gasteiger partial charge in [0.1, 0.15) is 0 Å². The average Bonchev–Trinajstić information content (AvgIpc) is 3.15. The van der Waals surface area contributed by atoms with Gasteiger partial charge < -0.3 is 9.47 Å². The van der Waals surface area contributed by atoms with E-state index in [9.17, 15) is 0 Å². The summed E-state index contributed by atoms with van der Waals surface area (Å²) >= 11 is 1.88. The molecule has 0 atom stereocenters. The number of hydrogen-bond acceptors (Lipinski definition) is 2. The molecule has 164 valence electrons. The lowest BCUT2D eigenvalue weighted by Gasteiger charge is -2.36. The fourth-order valence-electron chi connectivity index (χ4n) is 5.26. The normalized spacial score (nSPS) is 13.2. The van der Waals surface area contributed by atoms with E-state index in [1.807, 2.05) is 11.8 Å². The molecule has 0 amide bonds. The SMILES string of the molecule is CC(C)N1c2ccccc2Sc2cc(-c3ccc4c5ccccc5n(C(C)C)c4c3)ccc21. The van der Waals surface area contributed by atoms with Gasteiger partial charge in [-0.05, 0) is 75.2 Å². The number of hydrogen-bond donors (Lipinski definition) is 0. The molecule has 2 heterocycles. The smallest absolute Gasteiger partial charge is 0.0555 e. The van der Waals surface area contributed by atoms with Crippen molar-refractivity contribution in [3.05, 3.63) is 84.9 Å². The van der Waals surface area contributed by atoms with Crippen LogP contribution in [0.3, 0.4) is 0 Å². The van der Waals surface area contributed by atoms with Crippen LogP contribution in [0.5, 0.6) is 0 Å². The molecule has 0 N–H and O–H groups in total. The second-order valence-corrected chi connectivity index (χ2v) is 10.5. The Morgan fingerprint density at radius 2 is 1.24 bits per heavy atom. The number of anilines is 2. The van der Waals surface area contributed by atoms with Gasteiger partial charge in [-0.25, -0.2) is 0 Å². The third-order valence-electron chi connectivity index (χ3n) is 6.64. The second kappa shape index (κ2) is 7.71. The number of benzene rings is 4. The first kappa shape index (κ1) is 20.4. The van der Waals surface area contributed by atoms with Crippen molar-refractivity contribution in [2.75, 3.05) is 4.90 Å². The molecule has 2 nitrogen and oxygen atoms in total. The predicted octanol–water partition coefficient (Wildman–Crippen LogP) is 9.05. The quantitative estimate of drug-likeness (QED) is 0.272. The van der Waals surface area contributed by atoms with Crippen molar-refractivity contribution in [1.29, 1.82) is 0 Å². The average molecular weight is 449 g/mol. The fraction of sp³-hybridized carbons (Fsp3) is 0.200. The zero-order valence-corrected chi connectivity index (χ0v) is 20.4. The summed E-state index contributed by atoms with van der Waals surface area (Å²) in [5.74, 6) is 0. The number of para-hydroxylation sites is 2. The summed E-state index contributed by atoms with van der Waals surface area (Å²) in [6.07, 6.45) is 0. The highest BCUT2D eigenvalue weighted by atomic mass is 32.2. The van der Waals surface area contributed by atoms with Crippen LogP contribution < -0.4 is 4.90 Å². The zero-order valence-electron chi connectivity index (χ0n) is 19.5. The summed E-state index contributed by atoms with van der Waals surface area (Å²) in [6.45, 7) is 9.07. The van der Waals surface area contributed by atoms with Gasteiger partial charge in [0.05, 0.1) is 11.4 Å². The Hall–Kier alpha value is -3.17. The van der Waals surface area contributed by atoms with Crippen molar-refractivity contribution in [3.8, 4) is 11.1 Å². The van der Waals surface area contributed by atoms with Crippen molar-refractivity contribution in [1.82, 2.24) is 4.57 Å². The highest BCUT2D eigenvalue weighted by molar-refractivity contribution is 7.99. The van der Waals surface area contributed by atoms with Gasteiger partial charge in [-0.3, -0.25) is 0 Å². The van der Waals surface area contributed by atoms with E-state index in [0.717, 1.165) is 0 Å². The van der Waals surface area contributed by atoms with Gasteiger partial charge in [0, 0.05) is 43.7 Å². The van der Waals surface area contributed by atoms with Crippen molar-refractivity contribution in [2.24, 2.45) is 0 Å². The Balaban J connectivity index is 1.51. The first-order chi connectivity index (χ1) is 16.0. The maximum absolute atomic E-state index is 2.47. The first-order valence-electron chi connectivity index (χ1n) is 11.8. The van der Waals surface area contributed by atoms with Crippen LogP contribution >= 0.6 is 11.8 Å². The van der Waals surface area contributed by atoms with Gasteiger partial charge in [0.25, 0.3) is 0 Å². The van der Waals surface area contributed by atoms with E-state index in [-0.39, 0.29) is 0 Å². The molecule has 0 saturated carbocycles. The Kier molecular flexibility index (Phi) is 4.77. The molecule has 0 radical (unpaired) electrons. The van der Waals surface area contributed by atoms with Gasteiger partial charge in [-0.15, -0.1) is 0 Å². The maximum atomic E-state index is 2.47. The van der Waals surface area contributed by atoms with Gasteiger partial charge in [-0.1, -0.05) is 60.3 Å². The molecular formula is C30H28N2S. The van der Waals surface area contributed by atoms with E-state index in [0.29, 0.717) is 12.1 Å². The van der Waals surface area contributed by atoms with Crippen molar-refractivity contribution in [2.45, 2.75) is 49.6 Å². The molecule has 5 aromatic rings. The molecule has 0 bridgehead atoms. The highest BCUT2D eigenvalue weighted by Crippen LogP contribution is 2.50. The summed E-state index contributed by atoms with van der Waals surface area (Å²) < 4.78 is 2.47. The Bertz CT molecular complexity index is 1510. The molecule has 4 aromatic carbocycles. The fourth-order valence-corrected chi connectivity index (χ4v) is 6.37. The monoisotopic (exact) mass is 448 g/mol. The first-order valence-corrected chi connectivity index (χ1v) is 12.6. The molecule has 1 aromatic heterocycles. The molecule has 0 aliphatic carbocycles. The van der Waals surface area contributed by atoms with Crippen LogP contribution in [0.2, 0.25) is 0 Å². The lowest BCUT2D eigenvalue weighted by Crippen LogP contribution is -2.27. The molecule has 1 aliphatic heterocycles. The van der Waals surface area contributed by atoms with Crippen molar-refractivity contribution < 1.29 is 0 Å². The number of aromatic nitrogens is 1. The summed E-state index contributed by atoms with van der Waals surface area (Å²) in [6, 6.07) is 32.2. The van der Waals surface area contributed by atoms with Crippen LogP contribution in [0.15, 0.2) is 94.7 Å². The summed E-state index contributed by atoms with van der Waals surface area (Å²) in [5, 5.41) is 2.66. The molecule has 1 aliphatic rings. The Morgan fingerprint density at radius 1 is 0.576 bits per heavy atom. The number of nitrogens with zero attached hydrogens (tertiary/aromatic N) is 2. The minimum Gasteiger partial charge on any atom is -0.338 e. The molecule has 0 unspecified atom stereocenters. The second-order valence-electron chi connectivity index (χ2n) is 9.43. The number of rotatable bonds is 3. The summed E-state index contributed by atoms with van der Waals surface area (Å²) in [7, 11) is 0. The van der Waals surface area contributed by atoms with E-state index >= 15 is 0 Å². The van der Waals surface area contributed by atoms with E-state index in [4.69, 9.17) is 0 Å². The van der Waals surface area contributed by atoms with Gasteiger partial charge >= 0.3 is 0 Å². The molecule has 0 spiro atoms. The van der Waals surface area contributed by atoms with Gasteiger partial charge in [0.15, 0.2) is 0 Å². The minimum atomic E-state index is 0.398. The van der Waals surface area contributed by atoms with E-state index in [1.54, 1.807) is 0 Å². The minimum absolute atomic E-state index is 0.398. The van der Waals surface area contributed by atoms with Crippen molar-refractivity contribution >= 4 is 44.9 Å². The van der Waals surface area contributed by atoms with Crippen LogP contribution in [0.4, 0.5) is 11.4 Å². The Labute approximate surface area is 199 Å². The third-order valence-corrected chi connectivity index (χ3v) is 7.75. The van der Waals surface area contributed by atoms with E-state index < -0.39 is 0 Å². The van der Waals surface area contributed by atoms with Crippen molar-refractivity contribution in [3.63, 3.8) is 0 Å². The lowest BCUT2D eigenvalue weighted by atomic mass is 10.0. The molecule has 0 fully saturated rings. The molecular weight excluding hydrogens is 420 g/mol. The number of fused-ring (bicyclic) bond motifs is 5. The summed E-state index contributed by atoms with van der Waals surface area (Å²) in [4.78, 5) is 5.11. The van der Waals surface area contributed by atoms with Crippen LogP contribution in [-0.4, -0.2) is 10.6 Å². The standard InChI is InChI=1S/C30H28N2S/c1-19(2)31-25-10-6-5-9-23(25)24-15-13-21(17-28(24)31)22-14-16-27-30(18-22)33-29-12-8-7-11-26(29)32(27)20(3)4/h5-20H,1-4H3. The highest BCUT2D eigenvalue weighted by Gasteiger charge is 2.25. The lowest BCUT2D eigenvalue weighted by molar-refractivity contribution is 0.642. The van der Waals surface area contributed by atoms with Crippen LogP contribution in [0.25, 0.3) is 32.9 Å². The maximum Gasteiger partial charge on any atom is 0.0555 e. The van der Waals surface area contributed by atoms with Crippen LogP contribution in [0.1, 0.15) is 33.7 Å². The van der Waals surface area contributed by atoms with Gasteiger partial charge in [-0.2, -0.15) is 0 Å². The topological polar surface area (TPSA) is 8.17 Å². The van der Waals surface area contributed by atoms with Gasteiger partial charge in [0.2, 0.25) is 0 Å². The van der Waals surface area contributed by atoms with Crippen LogP contribution in [0, 0.1) is 0 Å². The summed E-state index contributed by atoms with van der Waals surface area (Å²) in [5.41, 5.74) is 7.76. The molecule has 33 heavy (non-hydrogen) atoms. The predicted molar refractivity (Wildman–Crippen MR) is 143 cm³/mol. The zero-order chi connectivity index (χ0) is 22.7. The molecule has 0 saturated heterocycles. The third kappa shape index (κ3) is 3.18. The molecule has 6 rings (SSSR count). The van der Waals surface area contributed by atoms with Crippen LogP contribution in [-0.2, 0) is 0 Å². The largest absolute Gasteiger partial charge is 0.338 e. The Morgan fingerprint density at radius 3 is 2.06 bits per heavy atom. The van der Waals surface area contributed by atoms with E-state index in [1.165, 1.54) is 54.1 Å². The van der Waals surface area contributed by atoms with E-state index in [2.05, 4.69) is 122 Å².